The third-order valence-corrected chi connectivity index (χ3v) is 6.89. The maximum Gasteiger partial charge on any atom is 0.343 e. The Morgan fingerprint density at radius 3 is 1.46 bits per heavy atom. The molecule has 7 nitrogen and oxygen atoms in total. The van der Waals surface area contributed by atoms with Crippen molar-refractivity contribution in [3.05, 3.63) is 85.8 Å². The molecule has 208 valence electrons. The van der Waals surface area contributed by atoms with Crippen molar-refractivity contribution in [1.29, 1.82) is 0 Å². The first kappa shape index (κ1) is 30.7. The summed E-state index contributed by atoms with van der Waals surface area (Å²) in [5, 5.41) is 0.915. The van der Waals surface area contributed by atoms with Crippen LogP contribution in [0.2, 0.25) is 20.1 Å². The molecule has 0 amide bonds. The molecule has 0 saturated carbocycles. The van der Waals surface area contributed by atoms with E-state index >= 15 is 0 Å². The molecule has 0 aromatic heterocycles. The molecular formula is C28H27Cl4NO6. The second-order valence-electron chi connectivity index (χ2n) is 8.18. The van der Waals surface area contributed by atoms with Gasteiger partial charge in [-0.2, -0.15) is 0 Å². The average Bonchev–Trinajstić information content (AvgIpc) is 2.94. The number of benzene rings is 3. The van der Waals surface area contributed by atoms with Gasteiger partial charge in [-0.1, -0.05) is 64.6 Å². The van der Waals surface area contributed by atoms with Gasteiger partial charge in [0.1, 0.15) is 11.1 Å². The van der Waals surface area contributed by atoms with Gasteiger partial charge in [0.25, 0.3) is 0 Å². The Kier molecular flexibility index (Phi) is 11.9. The monoisotopic (exact) mass is 613 g/mol. The summed E-state index contributed by atoms with van der Waals surface area (Å²) in [5.74, 6) is -0.891. The first-order chi connectivity index (χ1) is 18.8. The SMILES string of the molecule is COc1c(Cl)ccc(Cl)c1C(=O)OCCCN(CCCOC(=O)c1c(Cl)ccc(Cl)c1OC)c1ccccc1. The lowest BCUT2D eigenvalue weighted by Gasteiger charge is -2.25. The number of hydrogen-bond donors (Lipinski definition) is 0. The number of carbonyl (C=O) groups is 2. The lowest BCUT2D eigenvalue weighted by atomic mass is 10.2. The van der Waals surface area contributed by atoms with Gasteiger partial charge >= 0.3 is 11.9 Å². The first-order valence-electron chi connectivity index (χ1n) is 12.0. The van der Waals surface area contributed by atoms with Crippen LogP contribution in [-0.4, -0.2) is 52.5 Å². The molecule has 3 aromatic carbocycles. The van der Waals surface area contributed by atoms with Crippen molar-refractivity contribution < 1.29 is 28.5 Å². The maximum atomic E-state index is 12.7. The summed E-state index contributed by atoms with van der Waals surface area (Å²) in [5.41, 5.74) is 1.16. The number of nitrogens with zero attached hydrogens (tertiary/aromatic N) is 1. The Labute approximate surface area is 247 Å². The van der Waals surface area contributed by atoms with E-state index in [-0.39, 0.29) is 55.9 Å². The Morgan fingerprint density at radius 2 is 1.05 bits per heavy atom. The molecule has 39 heavy (non-hydrogen) atoms. The summed E-state index contributed by atoms with van der Waals surface area (Å²) in [4.78, 5) is 27.4. The first-order valence-corrected chi connectivity index (χ1v) is 13.5. The van der Waals surface area contributed by atoms with Gasteiger partial charge in [-0.15, -0.1) is 0 Å². The van der Waals surface area contributed by atoms with E-state index in [2.05, 4.69) is 4.90 Å². The Bertz CT molecular complexity index is 1210. The number of esters is 2. The molecule has 0 atom stereocenters. The fraction of sp³-hybridized carbons (Fsp3) is 0.286. The third-order valence-electron chi connectivity index (χ3n) is 5.67. The summed E-state index contributed by atoms with van der Waals surface area (Å²) in [7, 11) is 2.81. The van der Waals surface area contributed by atoms with E-state index in [1.165, 1.54) is 26.4 Å². The van der Waals surface area contributed by atoms with E-state index in [1.54, 1.807) is 12.1 Å². The molecule has 3 aromatic rings. The van der Waals surface area contributed by atoms with E-state index in [4.69, 9.17) is 65.4 Å². The predicted molar refractivity (Wildman–Crippen MR) is 154 cm³/mol. The normalized spacial score (nSPS) is 10.6. The molecule has 0 fully saturated rings. The van der Waals surface area contributed by atoms with E-state index in [9.17, 15) is 9.59 Å². The van der Waals surface area contributed by atoms with Crippen LogP contribution in [0.5, 0.6) is 11.5 Å². The van der Waals surface area contributed by atoms with Crippen molar-refractivity contribution in [2.45, 2.75) is 12.8 Å². The number of ether oxygens (including phenoxy) is 4. The zero-order chi connectivity index (χ0) is 28.4. The van der Waals surface area contributed by atoms with E-state index in [1.807, 2.05) is 30.3 Å². The highest BCUT2D eigenvalue weighted by Crippen LogP contribution is 2.35. The molecular weight excluding hydrogens is 588 g/mol. The van der Waals surface area contributed by atoms with Crippen LogP contribution in [0.25, 0.3) is 0 Å². The molecule has 0 aliphatic heterocycles. The fourth-order valence-electron chi connectivity index (χ4n) is 3.84. The molecule has 0 spiro atoms. The molecule has 0 bridgehead atoms. The highest BCUT2D eigenvalue weighted by Gasteiger charge is 2.22. The molecule has 0 radical (unpaired) electrons. The van der Waals surface area contributed by atoms with Gasteiger partial charge in [0, 0.05) is 18.8 Å². The van der Waals surface area contributed by atoms with Gasteiger partial charge < -0.3 is 23.8 Å². The number of rotatable bonds is 13. The molecule has 3 rings (SSSR count). The minimum atomic E-state index is -0.618. The summed E-state index contributed by atoms with van der Waals surface area (Å²) >= 11 is 24.6. The minimum absolute atomic E-state index is 0.0878. The molecule has 0 aliphatic carbocycles. The molecule has 0 heterocycles. The van der Waals surface area contributed by atoms with Crippen LogP contribution in [0.1, 0.15) is 33.6 Å². The lowest BCUT2D eigenvalue weighted by Crippen LogP contribution is -2.28. The van der Waals surface area contributed by atoms with Crippen molar-refractivity contribution in [2.24, 2.45) is 0 Å². The highest BCUT2D eigenvalue weighted by molar-refractivity contribution is 6.37. The topological polar surface area (TPSA) is 74.3 Å². The number of hydrogen-bond acceptors (Lipinski definition) is 7. The highest BCUT2D eigenvalue weighted by atomic mass is 35.5. The summed E-state index contributed by atoms with van der Waals surface area (Å²) in [6.07, 6.45) is 1.08. The zero-order valence-electron chi connectivity index (χ0n) is 21.3. The van der Waals surface area contributed by atoms with E-state index in [0.717, 1.165) is 5.69 Å². The van der Waals surface area contributed by atoms with Crippen LogP contribution in [0.15, 0.2) is 54.6 Å². The Hall–Kier alpha value is -2.84. The largest absolute Gasteiger partial charge is 0.494 e. The molecule has 11 heteroatoms. The second-order valence-corrected chi connectivity index (χ2v) is 9.81. The van der Waals surface area contributed by atoms with Gasteiger partial charge in [-0.25, -0.2) is 9.59 Å². The third kappa shape index (κ3) is 8.08. The summed E-state index contributed by atoms with van der Waals surface area (Å²) in [6.45, 7) is 1.46. The van der Waals surface area contributed by atoms with Crippen molar-refractivity contribution >= 4 is 64.0 Å². The number of para-hydroxylation sites is 1. The summed E-state index contributed by atoms with van der Waals surface area (Å²) < 4.78 is 21.3. The van der Waals surface area contributed by atoms with Crippen LogP contribution >= 0.6 is 46.4 Å². The van der Waals surface area contributed by atoms with Crippen LogP contribution in [-0.2, 0) is 9.47 Å². The van der Waals surface area contributed by atoms with Crippen LogP contribution in [0.3, 0.4) is 0 Å². The van der Waals surface area contributed by atoms with Crippen molar-refractivity contribution in [1.82, 2.24) is 0 Å². The number of halogens is 4. The van der Waals surface area contributed by atoms with Gasteiger partial charge in [-0.05, 0) is 49.2 Å². The molecule has 0 aliphatic rings. The van der Waals surface area contributed by atoms with Crippen LogP contribution in [0, 0.1) is 0 Å². The minimum Gasteiger partial charge on any atom is -0.494 e. The van der Waals surface area contributed by atoms with Crippen LogP contribution < -0.4 is 14.4 Å². The fourth-order valence-corrected chi connectivity index (χ4v) is 4.76. The molecule has 0 saturated heterocycles. The Morgan fingerprint density at radius 1 is 0.641 bits per heavy atom. The lowest BCUT2D eigenvalue weighted by molar-refractivity contribution is 0.0494. The molecule has 0 N–H and O–H groups in total. The zero-order valence-corrected chi connectivity index (χ0v) is 24.4. The van der Waals surface area contributed by atoms with E-state index in [0.29, 0.717) is 25.9 Å². The number of methoxy groups -OCH3 is 2. The van der Waals surface area contributed by atoms with Crippen molar-refractivity contribution in [2.75, 3.05) is 45.4 Å². The summed E-state index contributed by atoms with van der Waals surface area (Å²) in [6, 6.07) is 15.9. The average molecular weight is 615 g/mol. The van der Waals surface area contributed by atoms with Crippen molar-refractivity contribution in [3.8, 4) is 11.5 Å². The van der Waals surface area contributed by atoms with Gasteiger partial charge in [0.05, 0.1) is 47.5 Å². The second kappa shape index (κ2) is 15.1. The number of carbonyl (C=O) groups excluding carboxylic acids is 2. The van der Waals surface area contributed by atoms with Crippen molar-refractivity contribution in [3.63, 3.8) is 0 Å². The smallest absolute Gasteiger partial charge is 0.343 e. The van der Waals surface area contributed by atoms with Gasteiger partial charge in [-0.3, -0.25) is 0 Å². The van der Waals surface area contributed by atoms with Gasteiger partial charge in [0.2, 0.25) is 0 Å². The predicted octanol–water partition coefficient (Wildman–Crippen LogP) is 7.62. The van der Waals surface area contributed by atoms with Crippen LogP contribution in [0.4, 0.5) is 5.69 Å². The Balaban J connectivity index is 1.55. The molecule has 0 unspecified atom stereocenters. The standard InChI is InChI=1S/C28H27Cl4NO6/c1-36-25-21(31)12-10-19(29)23(25)27(34)38-16-6-14-33(18-8-4-3-5-9-18)15-7-17-39-28(35)24-20(30)11-13-22(32)26(24)37-2/h3-5,8-13H,6-7,14-17H2,1-2H3. The van der Waals surface area contributed by atoms with Gasteiger partial charge in [0.15, 0.2) is 11.5 Å². The quantitative estimate of drug-likeness (QED) is 0.145. The maximum absolute atomic E-state index is 12.7. The number of anilines is 1. The van der Waals surface area contributed by atoms with E-state index < -0.39 is 11.9 Å².